The van der Waals surface area contributed by atoms with Crippen molar-refractivity contribution in [1.82, 2.24) is 4.90 Å². The fourth-order valence-electron chi connectivity index (χ4n) is 3.29. The summed E-state index contributed by atoms with van der Waals surface area (Å²) in [5, 5.41) is 0. The number of likely N-dealkylation sites (tertiary alicyclic amines) is 1. The Kier molecular flexibility index (Phi) is 4.29. The highest BCUT2D eigenvalue weighted by atomic mass is 15.2. The molecule has 2 atom stereocenters. The molecule has 94 valence electrons. The fraction of sp³-hybridized carbons (Fsp3) is 1.00. The van der Waals surface area contributed by atoms with Crippen molar-refractivity contribution < 1.29 is 0 Å². The van der Waals surface area contributed by atoms with Crippen LogP contribution >= 0.6 is 0 Å². The molecule has 16 heavy (non-hydrogen) atoms. The average molecular weight is 223 g/mol. The van der Waals surface area contributed by atoms with Gasteiger partial charge in [-0.15, -0.1) is 0 Å². The average Bonchev–Trinajstić information content (AvgIpc) is 2.13. The van der Waals surface area contributed by atoms with E-state index >= 15 is 0 Å². The highest BCUT2D eigenvalue weighted by molar-refractivity contribution is 4.86. The molecular weight excluding hydrogens is 194 g/mol. The van der Waals surface area contributed by atoms with Crippen molar-refractivity contribution in [2.45, 2.75) is 65.3 Å². The van der Waals surface area contributed by atoms with Gasteiger partial charge in [0.1, 0.15) is 0 Å². The van der Waals surface area contributed by atoms with Gasteiger partial charge >= 0.3 is 0 Å². The third-order valence-corrected chi connectivity index (χ3v) is 4.82. The predicted octanol–water partition coefficient (Wildman–Crippen LogP) is 3.93. The molecule has 1 saturated carbocycles. The normalized spacial score (nSPS) is 33.0. The monoisotopic (exact) mass is 223 g/mol. The van der Waals surface area contributed by atoms with E-state index in [4.69, 9.17) is 0 Å². The van der Waals surface area contributed by atoms with E-state index in [1.807, 2.05) is 0 Å². The zero-order valence-electron chi connectivity index (χ0n) is 11.4. The van der Waals surface area contributed by atoms with Gasteiger partial charge < -0.3 is 4.90 Å². The lowest BCUT2D eigenvalue weighted by Gasteiger charge is -2.44. The molecule has 1 aliphatic heterocycles. The Morgan fingerprint density at radius 3 is 2.44 bits per heavy atom. The van der Waals surface area contributed by atoms with Crippen LogP contribution in [0.4, 0.5) is 0 Å². The van der Waals surface area contributed by atoms with Crippen molar-refractivity contribution in [3.63, 3.8) is 0 Å². The maximum absolute atomic E-state index is 2.78. The summed E-state index contributed by atoms with van der Waals surface area (Å²) in [7, 11) is 0. The van der Waals surface area contributed by atoms with Gasteiger partial charge in [-0.25, -0.2) is 0 Å². The van der Waals surface area contributed by atoms with E-state index in [1.165, 1.54) is 51.6 Å². The van der Waals surface area contributed by atoms with Crippen LogP contribution < -0.4 is 0 Å². The van der Waals surface area contributed by atoms with Crippen molar-refractivity contribution in [1.29, 1.82) is 0 Å². The minimum Gasteiger partial charge on any atom is -0.300 e. The molecule has 1 heteroatoms. The molecule has 2 rings (SSSR count). The third-order valence-electron chi connectivity index (χ3n) is 4.82. The molecule has 1 nitrogen and oxygen atoms in total. The molecule has 0 bridgehead atoms. The Balaban J connectivity index is 1.73. The van der Waals surface area contributed by atoms with E-state index < -0.39 is 0 Å². The summed E-state index contributed by atoms with van der Waals surface area (Å²) in [4.78, 5) is 2.78. The van der Waals surface area contributed by atoms with Gasteiger partial charge in [-0.05, 0) is 50.0 Å². The Morgan fingerprint density at radius 2 is 1.94 bits per heavy atom. The second-order valence-corrected chi connectivity index (χ2v) is 6.58. The van der Waals surface area contributed by atoms with E-state index in [1.54, 1.807) is 0 Å². The van der Waals surface area contributed by atoms with Gasteiger partial charge in [-0.1, -0.05) is 33.6 Å². The maximum atomic E-state index is 2.78. The van der Waals surface area contributed by atoms with Crippen LogP contribution in [-0.4, -0.2) is 24.0 Å². The molecular formula is C15H29N. The van der Waals surface area contributed by atoms with Crippen LogP contribution in [-0.2, 0) is 0 Å². The van der Waals surface area contributed by atoms with Gasteiger partial charge in [0.15, 0.2) is 0 Å². The third kappa shape index (κ3) is 3.00. The van der Waals surface area contributed by atoms with Gasteiger partial charge in [0, 0.05) is 12.6 Å². The SMILES string of the molecule is CC(C)CC[C@@H]1CCN(C2CCC2)C[C@@H]1C. The molecule has 0 unspecified atom stereocenters. The lowest BCUT2D eigenvalue weighted by Crippen LogP contribution is -2.47. The standard InChI is InChI=1S/C15H29N/c1-12(2)7-8-14-9-10-16(11-13(14)3)15-5-4-6-15/h12-15H,4-11H2,1-3H3/t13-,14+/m0/s1. The first-order chi connectivity index (χ1) is 7.66. The molecule has 0 spiro atoms. The van der Waals surface area contributed by atoms with E-state index in [-0.39, 0.29) is 0 Å². The maximum Gasteiger partial charge on any atom is 0.00953 e. The first kappa shape index (κ1) is 12.4. The topological polar surface area (TPSA) is 3.24 Å². The highest BCUT2D eigenvalue weighted by Gasteiger charge is 2.32. The van der Waals surface area contributed by atoms with E-state index in [0.29, 0.717) is 0 Å². The van der Waals surface area contributed by atoms with Crippen molar-refractivity contribution in [2.75, 3.05) is 13.1 Å². The van der Waals surface area contributed by atoms with Crippen LogP contribution in [0.15, 0.2) is 0 Å². The first-order valence-electron chi connectivity index (χ1n) is 7.41. The van der Waals surface area contributed by atoms with Crippen molar-refractivity contribution in [3.05, 3.63) is 0 Å². The van der Waals surface area contributed by atoms with Crippen LogP contribution in [0.25, 0.3) is 0 Å². The second-order valence-electron chi connectivity index (χ2n) is 6.58. The summed E-state index contributed by atoms with van der Waals surface area (Å²) in [6, 6.07) is 0.966. The first-order valence-corrected chi connectivity index (χ1v) is 7.41. The lowest BCUT2D eigenvalue weighted by molar-refractivity contribution is 0.0491. The molecule has 1 heterocycles. The Labute approximate surface area is 102 Å². The number of hydrogen-bond donors (Lipinski definition) is 0. The highest BCUT2D eigenvalue weighted by Crippen LogP contribution is 2.33. The molecule has 2 aliphatic rings. The molecule has 0 aromatic rings. The Bertz CT molecular complexity index is 207. The summed E-state index contributed by atoms with van der Waals surface area (Å²) in [5.74, 6) is 2.84. The largest absolute Gasteiger partial charge is 0.300 e. The zero-order valence-corrected chi connectivity index (χ0v) is 11.4. The van der Waals surface area contributed by atoms with E-state index in [9.17, 15) is 0 Å². The lowest BCUT2D eigenvalue weighted by atomic mass is 9.80. The number of nitrogens with zero attached hydrogens (tertiary/aromatic N) is 1. The summed E-state index contributed by atoms with van der Waals surface area (Å²) >= 11 is 0. The van der Waals surface area contributed by atoms with Crippen molar-refractivity contribution >= 4 is 0 Å². The molecule has 0 amide bonds. The van der Waals surface area contributed by atoms with E-state index in [2.05, 4.69) is 25.7 Å². The van der Waals surface area contributed by atoms with Gasteiger partial charge in [-0.3, -0.25) is 0 Å². The molecule has 0 aromatic carbocycles. The van der Waals surface area contributed by atoms with Crippen LogP contribution in [0.1, 0.15) is 59.3 Å². The van der Waals surface area contributed by atoms with E-state index in [0.717, 1.165) is 23.8 Å². The smallest absolute Gasteiger partial charge is 0.00953 e. The van der Waals surface area contributed by atoms with Crippen molar-refractivity contribution in [2.24, 2.45) is 17.8 Å². The summed E-state index contributed by atoms with van der Waals surface area (Å²) in [6.07, 6.45) is 8.79. The number of hydrogen-bond acceptors (Lipinski definition) is 1. The summed E-state index contributed by atoms with van der Waals surface area (Å²) < 4.78 is 0. The number of piperidine rings is 1. The molecule has 1 aliphatic carbocycles. The zero-order chi connectivity index (χ0) is 11.5. The van der Waals surface area contributed by atoms with Gasteiger partial charge in [-0.2, -0.15) is 0 Å². The fourth-order valence-corrected chi connectivity index (χ4v) is 3.29. The van der Waals surface area contributed by atoms with Gasteiger partial charge in [0.05, 0.1) is 0 Å². The minimum atomic E-state index is 0.886. The van der Waals surface area contributed by atoms with Crippen molar-refractivity contribution in [3.8, 4) is 0 Å². The molecule has 0 radical (unpaired) electrons. The Morgan fingerprint density at radius 1 is 1.19 bits per heavy atom. The van der Waals surface area contributed by atoms with Gasteiger partial charge in [0.25, 0.3) is 0 Å². The molecule has 2 fully saturated rings. The molecule has 1 saturated heterocycles. The minimum absolute atomic E-state index is 0.886. The Hall–Kier alpha value is -0.0400. The van der Waals surface area contributed by atoms with Crippen LogP contribution in [0.2, 0.25) is 0 Å². The van der Waals surface area contributed by atoms with Crippen LogP contribution in [0.5, 0.6) is 0 Å². The van der Waals surface area contributed by atoms with Gasteiger partial charge in [0.2, 0.25) is 0 Å². The van der Waals surface area contributed by atoms with Crippen LogP contribution in [0.3, 0.4) is 0 Å². The number of rotatable bonds is 4. The molecule has 0 N–H and O–H groups in total. The summed E-state index contributed by atoms with van der Waals surface area (Å²) in [5.41, 5.74) is 0. The quantitative estimate of drug-likeness (QED) is 0.698. The van der Waals surface area contributed by atoms with Crippen LogP contribution in [0, 0.1) is 17.8 Å². The molecule has 0 aromatic heterocycles. The summed E-state index contributed by atoms with van der Waals surface area (Å²) in [6.45, 7) is 9.96. The second kappa shape index (κ2) is 5.53. The predicted molar refractivity (Wildman–Crippen MR) is 70.6 cm³/mol.